The fraction of sp³-hybridized carbons (Fsp3) is 1.00. The first-order chi connectivity index (χ1) is 8.12. The predicted octanol–water partition coefficient (Wildman–Crippen LogP) is 1.57. The summed E-state index contributed by atoms with van der Waals surface area (Å²) in [6.07, 6.45) is 2.46. The monoisotopic (exact) mass is 258 g/mol. The van der Waals surface area contributed by atoms with Crippen molar-refractivity contribution in [3.05, 3.63) is 0 Å². The molecular weight excluding hydrogens is 232 g/mol. The maximum Gasteiger partial charge on any atom is 0.0510 e. The SMILES string of the molecule is CC1(C)CCN(C(CN)C2CCOC2)CCS1. The van der Waals surface area contributed by atoms with Crippen LogP contribution in [0.2, 0.25) is 0 Å². The van der Waals surface area contributed by atoms with Crippen LogP contribution in [0.3, 0.4) is 0 Å². The average Bonchev–Trinajstić information content (AvgIpc) is 2.73. The lowest BCUT2D eigenvalue weighted by Gasteiger charge is -2.33. The zero-order valence-corrected chi connectivity index (χ0v) is 12.0. The molecule has 2 rings (SSSR count). The summed E-state index contributed by atoms with van der Waals surface area (Å²) in [5.41, 5.74) is 6.00. The molecule has 2 aliphatic rings. The molecule has 2 N–H and O–H groups in total. The van der Waals surface area contributed by atoms with Gasteiger partial charge in [0.1, 0.15) is 0 Å². The van der Waals surface area contributed by atoms with Crippen molar-refractivity contribution in [2.75, 3.05) is 38.6 Å². The minimum Gasteiger partial charge on any atom is -0.381 e. The third-order valence-electron chi connectivity index (χ3n) is 4.09. The van der Waals surface area contributed by atoms with E-state index < -0.39 is 0 Å². The third kappa shape index (κ3) is 3.60. The van der Waals surface area contributed by atoms with Gasteiger partial charge in [-0.25, -0.2) is 0 Å². The van der Waals surface area contributed by atoms with Crippen molar-refractivity contribution in [1.82, 2.24) is 4.90 Å². The fourth-order valence-corrected chi connectivity index (χ4v) is 3.98. The van der Waals surface area contributed by atoms with Crippen molar-refractivity contribution >= 4 is 11.8 Å². The second kappa shape index (κ2) is 5.91. The van der Waals surface area contributed by atoms with Gasteiger partial charge in [-0.05, 0) is 19.4 Å². The molecule has 2 fully saturated rings. The average molecular weight is 258 g/mol. The zero-order chi connectivity index (χ0) is 12.3. The molecule has 3 nitrogen and oxygen atoms in total. The molecule has 0 amide bonds. The smallest absolute Gasteiger partial charge is 0.0510 e. The molecule has 0 aromatic carbocycles. The van der Waals surface area contributed by atoms with E-state index in [1.807, 2.05) is 0 Å². The number of nitrogens with two attached hydrogens (primary N) is 1. The van der Waals surface area contributed by atoms with E-state index in [1.54, 1.807) is 0 Å². The van der Waals surface area contributed by atoms with Crippen molar-refractivity contribution in [2.24, 2.45) is 11.7 Å². The van der Waals surface area contributed by atoms with Crippen LogP contribution in [0.1, 0.15) is 26.7 Å². The standard InChI is InChI=1S/C13H26N2OS/c1-13(2)4-5-15(6-8-17-13)12(9-14)11-3-7-16-10-11/h11-12H,3-10,14H2,1-2H3. The Labute approximate surface area is 109 Å². The van der Waals surface area contributed by atoms with Gasteiger partial charge in [0.05, 0.1) is 6.61 Å². The van der Waals surface area contributed by atoms with Gasteiger partial charge < -0.3 is 10.5 Å². The van der Waals surface area contributed by atoms with Crippen molar-refractivity contribution in [1.29, 1.82) is 0 Å². The summed E-state index contributed by atoms with van der Waals surface area (Å²) >= 11 is 2.10. The van der Waals surface area contributed by atoms with Crippen molar-refractivity contribution in [3.63, 3.8) is 0 Å². The van der Waals surface area contributed by atoms with Crippen LogP contribution in [0.15, 0.2) is 0 Å². The topological polar surface area (TPSA) is 38.5 Å². The van der Waals surface area contributed by atoms with Gasteiger partial charge in [-0.15, -0.1) is 0 Å². The van der Waals surface area contributed by atoms with E-state index in [4.69, 9.17) is 10.5 Å². The molecule has 2 aliphatic heterocycles. The maximum absolute atomic E-state index is 6.00. The molecule has 2 atom stereocenters. The fourth-order valence-electron chi connectivity index (χ4n) is 2.86. The molecular formula is C13H26N2OS. The zero-order valence-electron chi connectivity index (χ0n) is 11.2. The normalized spacial score (nSPS) is 32.3. The van der Waals surface area contributed by atoms with Crippen molar-refractivity contribution in [2.45, 2.75) is 37.5 Å². The summed E-state index contributed by atoms with van der Waals surface area (Å²) in [4.78, 5) is 2.61. The van der Waals surface area contributed by atoms with E-state index in [0.29, 0.717) is 16.7 Å². The molecule has 0 aromatic heterocycles. The number of rotatable bonds is 3. The van der Waals surface area contributed by atoms with Crippen LogP contribution < -0.4 is 5.73 Å². The molecule has 0 aromatic rings. The van der Waals surface area contributed by atoms with Gasteiger partial charge >= 0.3 is 0 Å². The lowest BCUT2D eigenvalue weighted by Crippen LogP contribution is -2.47. The number of hydrogen-bond acceptors (Lipinski definition) is 4. The Bertz CT molecular complexity index is 242. The molecule has 0 bridgehead atoms. The minimum atomic E-state index is 0.431. The van der Waals surface area contributed by atoms with Gasteiger partial charge in [0.15, 0.2) is 0 Å². The highest BCUT2D eigenvalue weighted by Crippen LogP contribution is 2.32. The van der Waals surface area contributed by atoms with Crippen LogP contribution in [0.5, 0.6) is 0 Å². The Kier molecular flexibility index (Phi) is 4.75. The first kappa shape index (κ1) is 13.7. The summed E-state index contributed by atoms with van der Waals surface area (Å²) in [5.74, 6) is 1.89. The Balaban J connectivity index is 1.94. The summed E-state index contributed by atoms with van der Waals surface area (Å²) in [5, 5.41) is 0. The Morgan fingerprint density at radius 2 is 2.29 bits per heavy atom. The second-order valence-corrected chi connectivity index (χ2v) is 7.62. The first-order valence-electron chi connectivity index (χ1n) is 6.78. The van der Waals surface area contributed by atoms with E-state index in [2.05, 4.69) is 30.5 Å². The molecule has 4 heteroatoms. The van der Waals surface area contributed by atoms with E-state index in [1.165, 1.54) is 31.7 Å². The van der Waals surface area contributed by atoms with E-state index in [-0.39, 0.29) is 0 Å². The molecule has 17 heavy (non-hydrogen) atoms. The van der Waals surface area contributed by atoms with Gasteiger partial charge in [-0.1, -0.05) is 13.8 Å². The third-order valence-corrected chi connectivity index (χ3v) is 5.46. The molecule has 0 spiro atoms. The second-order valence-electron chi connectivity index (χ2n) is 5.82. The minimum absolute atomic E-state index is 0.431. The van der Waals surface area contributed by atoms with Crippen molar-refractivity contribution in [3.8, 4) is 0 Å². The largest absolute Gasteiger partial charge is 0.381 e. The van der Waals surface area contributed by atoms with Crippen LogP contribution in [-0.4, -0.2) is 54.3 Å². The van der Waals surface area contributed by atoms with E-state index in [0.717, 1.165) is 19.8 Å². The maximum atomic E-state index is 6.00. The summed E-state index contributed by atoms with van der Waals surface area (Å²) in [6, 6.07) is 0.534. The van der Waals surface area contributed by atoms with Crippen LogP contribution in [0, 0.1) is 5.92 Å². The lowest BCUT2D eigenvalue weighted by atomic mass is 9.96. The van der Waals surface area contributed by atoms with Gasteiger partial charge in [0, 0.05) is 42.2 Å². The molecule has 2 saturated heterocycles. The highest BCUT2D eigenvalue weighted by Gasteiger charge is 2.32. The number of ether oxygens (including phenoxy) is 1. The molecule has 100 valence electrons. The van der Waals surface area contributed by atoms with Gasteiger partial charge in [0.2, 0.25) is 0 Å². The van der Waals surface area contributed by atoms with Crippen molar-refractivity contribution < 1.29 is 4.74 Å². The van der Waals surface area contributed by atoms with Gasteiger partial charge in [0.25, 0.3) is 0 Å². The van der Waals surface area contributed by atoms with Crippen LogP contribution in [0.4, 0.5) is 0 Å². The van der Waals surface area contributed by atoms with Crippen LogP contribution >= 0.6 is 11.8 Å². The molecule has 0 saturated carbocycles. The van der Waals surface area contributed by atoms with Gasteiger partial charge in [-0.2, -0.15) is 11.8 Å². The molecule has 2 unspecified atom stereocenters. The Morgan fingerprint density at radius 3 is 2.94 bits per heavy atom. The number of thioether (sulfide) groups is 1. The highest BCUT2D eigenvalue weighted by atomic mass is 32.2. The summed E-state index contributed by atoms with van der Waals surface area (Å²) in [6.45, 7) is 9.71. The first-order valence-corrected chi connectivity index (χ1v) is 7.77. The lowest BCUT2D eigenvalue weighted by molar-refractivity contribution is 0.126. The number of hydrogen-bond donors (Lipinski definition) is 1. The molecule has 2 heterocycles. The molecule has 0 aliphatic carbocycles. The van der Waals surface area contributed by atoms with E-state index in [9.17, 15) is 0 Å². The van der Waals surface area contributed by atoms with Gasteiger partial charge in [-0.3, -0.25) is 4.90 Å². The Morgan fingerprint density at radius 1 is 1.47 bits per heavy atom. The summed E-state index contributed by atoms with van der Waals surface area (Å²) < 4.78 is 5.95. The van der Waals surface area contributed by atoms with E-state index >= 15 is 0 Å². The van der Waals surface area contributed by atoms with Crippen LogP contribution in [-0.2, 0) is 4.74 Å². The highest BCUT2D eigenvalue weighted by molar-refractivity contribution is 8.00. The molecule has 0 radical (unpaired) electrons. The number of nitrogens with zero attached hydrogens (tertiary/aromatic N) is 1. The predicted molar refractivity (Wildman–Crippen MR) is 74.5 cm³/mol. The van der Waals surface area contributed by atoms with Crippen LogP contribution in [0.25, 0.3) is 0 Å². The Hall–Kier alpha value is 0.230. The quantitative estimate of drug-likeness (QED) is 0.834. The summed E-state index contributed by atoms with van der Waals surface area (Å²) in [7, 11) is 0.